The minimum atomic E-state index is -0.530. The van der Waals surface area contributed by atoms with Crippen LogP contribution in [-0.4, -0.2) is 29.6 Å². The number of hydrogen-bond acceptors (Lipinski definition) is 4. The van der Waals surface area contributed by atoms with E-state index in [4.69, 9.17) is 10.5 Å². The lowest BCUT2D eigenvalue weighted by molar-refractivity contribution is -0.128. The minimum Gasteiger partial charge on any atom is -0.479 e. The summed E-state index contributed by atoms with van der Waals surface area (Å²) >= 11 is 0. The molecule has 1 unspecified atom stereocenters. The molecule has 5 nitrogen and oxygen atoms in total. The van der Waals surface area contributed by atoms with Crippen LogP contribution < -0.4 is 15.8 Å². The fraction of sp³-hybridized carbons (Fsp3) is 0.600. The summed E-state index contributed by atoms with van der Waals surface area (Å²) in [5, 5.41) is 2.97. The maximum atomic E-state index is 12.0. The van der Waals surface area contributed by atoms with Crippen molar-refractivity contribution in [2.75, 3.05) is 6.54 Å². The van der Waals surface area contributed by atoms with Crippen LogP contribution in [-0.2, 0) is 11.2 Å². The molecule has 0 aliphatic heterocycles. The van der Waals surface area contributed by atoms with Crippen LogP contribution in [0.2, 0.25) is 0 Å². The monoisotopic (exact) mass is 279 g/mol. The zero-order valence-corrected chi connectivity index (χ0v) is 12.6. The van der Waals surface area contributed by atoms with Crippen molar-refractivity contribution in [3.05, 3.63) is 24.0 Å². The molecule has 1 aromatic heterocycles. The van der Waals surface area contributed by atoms with E-state index in [2.05, 4.69) is 24.1 Å². The maximum Gasteiger partial charge on any atom is 0.260 e. The molecule has 0 fully saturated rings. The molecule has 0 bridgehead atoms. The largest absolute Gasteiger partial charge is 0.479 e. The Morgan fingerprint density at radius 2 is 2.10 bits per heavy atom. The number of nitrogens with one attached hydrogen (secondary N) is 1. The summed E-state index contributed by atoms with van der Waals surface area (Å²) in [6.07, 6.45) is 3.68. The Bertz CT molecular complexity index is 402. The highest BCUT2D eigenvalue weighted by Gasteiger charge is 2.17. The van der Waals surface area contributed by atoms with Crippen molar-refractivity contribution in [2.24, 2.45) is 5.73 Å². The number of rotatable bonds is 8. The van der Waals surface area contributed by atoms with Crippen LogP contribution in [0, 0.1) is 0 Å². The number of nitrogens with zero attached hydrogens (tertiary/aromatic N) is 1. The molecule has 1 heterocycles. The van der Waals surface area contributed by atoms with Gasteiger partial charge in [-0.1, -0.05) is 13.8 Å². The molecule has 1 amide bonds. The van der Waals surface area contributed by atoms with Gasteiger partial charge in [-0.2, -0.15) is 0 Å². The molecule has 1 rings (SSSR count). The zero-order valence-electron chi connectivity index (χ0n) is 12.6. The van der Waals surface area contributed by atoms with E-state index in [-0.39, 0.29) is 11.9 Å². The SMILES string of the molecule is CCC(CC)NC(=O)C(C)Oc1ccc(CCN)nc1. The van der Waals surface area contributed by atoms with Crippen molar-refractivity contribution in [3.63, 3.8) is 0 Å². The smallest absolute Gasteiger partial charge is 0.260 e. The molecular weight excluding hydrogens is 254 g/mol. The molecule has 0 radical (unpaired) electrons. The number of aromatic nitrogens is 1. The lowest BCUT2D eigenvalue weighted by atomic mass is 10.1. The first-order valence-corrected chi connectivity index (χ1v) is 7.22. The number of carbonyl (C=O) groups is 1. The van der Waals surface area contributed by atoms with Crippen molar-refractivity contribution >= 4 is 5.91 Å². The first-order valence-electron chi connectivity index (χ1n) is 7.22. The van der Waals surface area contributed by atoms with Gasteiger partial charge in [0.15, 0.2) is 6.10 Å². The van der Waals surface area contributed by atoms with Crippen LogP contribution in [0.1, 0.15) is 39.3 Å². The molecule has 0 spiro atoms. The van der Waals surface area contributed by atoms with Crippen LogP contribution in [0.25, 0.3) is 0 Å². The van der Waals surface area contributed by atoms with E-state index in [1.165, 1.54) is 0 Å². The minimum absolute atomic E-state index is 0.0928. The average molecular weight is 279 g/mol. The molecule has 5 heteroatoms. The second-order valence-electron chi connectivity index (χ2n) is 4.81. The summed E-state index contributed by atoms with van der Waals surface area (Å²) in [6, 6.07) is 3.89. The quantitative estimate of drug-likeness (QED) is 0.758. The standard InChI is InChI=1S/C15H25N3O2/c1-4-12(5-2)18-15(19)11(3)20-14-7-6-13(8-9-16)17-10-14/h6-7,10-12H,4-5,8-9,16H2,1-3H3,(H,18,19). The van der Waals surface area contributed by atoms with Crippen molar-refractivity contribution in [2.45, 2.75) is 52.2 Å². The van der Waals surface area contributed by atoms with Gasteiger partial charge in [0.1, 0.15) is 5.75 Å². The van der Waals surface area contributed by atoms with Gasteiger partial charge in [0.25, 0.3) is 5.91 Å². The number of carbonyl (C=O) groups excluding carboxylic acids is 1. The maximum absolute atomic E-state index is 12.0. The second-order valence-corrected chi connectivity index (χ2v) is 4.81. The summed E-state index contributed by atoms with van der Waals surface area (Å²) in [4.78, 5) is 16.2. The number of ether oxygens (including phenoxy) is 1. The third kappa shape index (κ3) is 5.17. The third-order valence-corrected chi connectivity index (χ3v) is 3.21. The average Bonchev–Trinajstić information content (AvgIpc) is 2.46. The normalized spacial score (nSPS) is 12.2. The topological polar surface area (TPSA) is 77.2 Å². The highest BCUT2D eigenvalue weighted by molar-refractivity contribution is 5.80. The lowest BCUT2D eigenvalue weighted by Crippen LogP contribution is -2.42. The van der Waals surface area contributed by atoms with Gasteiger partial charge in [-0.25, -0.2) is 0 Å². The molecule has 20 heavy (non-hydrogen) atoms. The Labute approximate surface area is 120 Å². The van der Waals surface area contributed by atoms with E-state index in [0.717, 1.165) is 25.0 Å². The van der Waals surface area contributed by atoms with E-state index in [1.54, 1.807) is 13.1 Å². The van der Waals surface area contributed by atoms with Gasteiger partial charge >= 0.3 is 0 Å². The first kappa shape index (κ1) is 16.4. The van der Waals surface area contributed by atoms with Crippen LogP contribution in [0.3, 0.4) is 0 Å². The molecule has 0 aromatic carbocycles. The predicted octanol–water partition coefficient (Wildman–Crippen LogP) is 1.65. The second kappa shape index (κ2) is 8.53. The molecule has 112 valence electrons. The Balaban J connectivity index is 2.52. The Morgan fingerprint density at radius 1 is 1.40 bits per heavy atom. The fourth-order valence-electron chi connectivity index (χ4n) is 1.85. The zero-order chi connectivity index (χ0) is 15.0. The molecule has 0 aliphatic rings. The highest BCUT2D eigenvalue weighted by atomic mass is 16.5. The van der Waals surface area contributed by atoms with E-state index in [1.807, 2.05) is 12.1 Å². The van der Waals surface area contributed by atoms with Crippen LogP contribution in [0.5, 0.6) is 5.75 Å². The van der Waals surface area contributed by atoms with E-state index in [9.17, 15) is 4.79 Å². The lowest BCUT2D eigenvalue weighted by Gasteiger charge is -2.19. The van der Waals surface area contributed by atoms with Crippen molar-refractivity contribution in [3.8, 4) is 5.75 Å². The summed E-state index contributed by atoms with van der Waals surface area (Å²) < 4.78 is 5.59. The van der Waals surface area contributed by atoms with E-state index in [0.29, 0.717) is 12.3 Å². The van der Waals surface area contributed by atoms with E-state index < -0.39 is 6.10 Å². The number of nitrogens with two attached hydrogens (primary N) is 1. The van der Waals surface area contributed by atoms with Crippen LogP contribution >= 0.6 is 0 Å². The Morgan fingerprint density at radius 3 is 2.60 bits per heavy atom. The van der Waals surface area contributed by atoms with Gasteiger partial charge in [0.2, 0.25) is 0 Å². The molecule has 0 aliphatic carbocycles. The summed E-state index contributed by atoms with van der Waals surface area (Å²) in [6.45, 7) is 6.42. The summed E-state index contributed by atoms with van der Waals surface area (Å²) in [5.41, 5.74) is 6.39. The van der Waals surface area contributed by atoms with Gasteiger partial charge in [-0.05, 0) is 38.4 Å². The van der Waals surface area contributed by atoms with Crippen molar-refractivity contribution < 1.29 is 9.53 Å². The number of hydrogen-bond donors (Lipinski definition) is 2. The molecular formula is C15H25N3O2. The van der Waals surface area contributed by atoms with Crippen LogP contribution in [0.4, 0.5) is 0 Å². The van der Waals surface area contributed by atoms with Gasteiger partial charge in [-0.3, -0.25) is 9.78 Å². The number of pyridine rings is 1. The van der Waals surface area contributed by atoms with Crippen molar-refractivity contribution in [1.29, 1.82) is 0 Å². The molecule has 0 saturated carbocycles. The Kier molecular flexibility index (Phi) is 7.01. The first-order chi connectivity index (χ1) is 9.60. The number of amides is 1. The van der Waals surface area contributed by atoms with Crippen LogP contribution in [0.15, 0.2) is 18.3 Å². The molecule has 1 atom stereocenters. The van der Waals surface area contributed by atoms with Gasteiger partial charge in [0.05, 0.1) is 6.20 Å². The van der Waals surface area contributed by atoms with E-state index >= 15 is 0 Å². The van der Waals surface area contributed by atoms with Gasteiger partial charge < -0.3 is 15.8 Å². The van der Waals surface area contributed by atoms with Crippen molar-refractivity contribution in [1.82, 2.24) is 10.3 Å². The summed E-state index contributed by atoms with van der Waals surface area (Å²) in [7, 11) is 0. The van der Waals surface area contributed by atoms with Gasteiger partial charge in [-0.15, -0.1) is 0 Å². The Hall–Kier alpha value is -1.62. The third-order valence-electron chi connectivity index (χ3n) is 3.21. The molecule has 1 aromatic rings. The predicted molar refractivity (Wildman–Crippen MR) is 79.6 cm³/mol. The fourth-order valence-corrected chi connectivity index (χ4v) is 1.85. The van der Waals surface area contributed by atoms with Gasteiger partial charge in [0, 0.05) is 18.2 Å². The summed E-state index contributed by atoms with van der Waals surface area (Å²) in [5.74, 6) is 0.503. The highest BCUT2D eigenvalue weighted by Crippen LogP contribution is 2.12. The molecule has 0 saturated heterocycles. The molecule has 3 N–H and O–H groups in total.